The summed E-state index contributed by atoms with van der Waals surface area (Å²) in [7, 11) is 1.62. The highest BCUT2D eigenvalue weighted by Gasteiger charge is 2.20. The Morgan fingerprint density at radius 1 is 1.35 bits per heavy atom. The van der Waals surface area contributed by atoms with Gasteiger partial charge in [-0.05, 0) is 36.8 Å². The van der Waals surface area contributed by atoms with Gasteiger partial charge >= 0.3 is 0 Å². The number of hydrogen-bond acceptors (Lipinski definition) is 5. The predicted octanol–water partition coefficient (Wildman–Crippen LogP) is 2.87. The Labute approximate surface area is 117 Å². The zero-order valence-corrected chi connectivity index (χ0v) is 11.5. The number of fused-ring (bicyclic) bond motifs is 1. The van der Waals surface area contributed by atoms with Crippen molar-refractivity contribution in [3.05, 3.63) is 41.9 Å². The minimum atomic E-state index is 0.140. The molecule has 1 aliphatic heterocycles. The predicted molar refractivity (Wildman–Crippen MR) is 73.1 cm³/mol. The van der Waals surface area contributed by atoms with Crippen LogP contribution in [-0.4, -0.2) is 13.9 Å². The van der Waals surface area contributed by atoms with Crippen molar-refractivity contribution < 1.29 is 18.6 Å². The zero-order valence-electron chi connectivity index (χ0n) is 11.5. The first kappa shape index (κ1) is 12.9. The SMILES string of the molecule is COc1cc(CNC(C)c2ccco2)cc2c1OCO2. The molecule has 0 spiro atoms. The molecule has 1 unspecified atom stereocenters. The van der Waals surface area contributed by atoms with Crippen LogP contribution in [0.5, 0.6) is 17.2 Å². The van der Waals surface area contributed by atoms with E-state index < -0.39 is 0 Å². The summed E-state index contributed by atoms with van der Waals surface area (Å²) in [6.45, 7) is 2.99. The van der Waals surface area contributed by atoms with Crippen LogP contribution in [-0.2, 0) is 6.54 Å². The van der Waals surface area contributed by atoms with Gasteiger partial charge in [0.05, 0.1) is 19.4 Å². The molecule has 1 N–H and O–H groups in total. The van der Waals surface area contributed by atoms with E-state index in [1.807, 2.05) is 24.3 Å². The lowest BCUT2D eigenvalue weighted by molar-refractivity contribution is 0.171. The fourth-order valence-electron chi connectivity index (χ4n) is 2.20. The summed E-state index contributed by atoms with van der Waals surface area (Å²) >= 11 is 0. The molecule has 0 bridgehead atoms. The molecule has 5 nitrogen and oxygen atoms in total. The van der Waals surface area contributed by atoms with Crippen LogP contribution in [0.2, 0.25) is 0 Å². The third kappa shape index (κ3) is 2.44. The molecular formula is C15H17NO4. The van der Waals surface area contributed by atoms with Crippen molar-refractivity contribution in [2.45, 2.75) is 19.5 Å². The van der Waals surface area contributed by atoms with Crippen molar-refractivity contribution >= 4 is 0 Å². The van der Waals surface area contributed by atoms with E-state index in [-0.39, 0.29) is 12.8 Å². The van der Waals surface area contributed by atoms with Crippen molar-refractivity contribution in [2.75, 3.05) is 13.9 Å². The van der Waals surface area contributed by atoms with Gasteiger partial charge in [-0.3, -0.25) is 0 Å². The average molecular weight is 275 g/mol. The second-order valence-electron chi connectivity index (χ2n) is 4.65. The van der Waals surface area contributed by atoms with Gasteiger partial charge in [-0.2, -0.15) is 0 Å². The van der Waals surface area contributed by atoms with Crippen LogP contribution in [0.4, 0.5) is 0 Å². The Morgan fingerprint density at radius 3 is 3.00 bits per heavy atom. The Balaban J connectivity index is 1.72. The minimum absolute atomic E-state index is 0.140. The van der Waals surface area contributed by atoms with Crippen LogP contribution in [0.25, 0.3) is 0 Å². The monoisotopic (exact) mass is 275 g/mol. The van der Waals surface area contributed by atoms with E-state index in [1.165, 1.54) is 0 Å². The van der Waals surface area contributed by atoms with Gasteiger partial charge in [0.1, 0.15) is 5.76 Å². The summed E-state index contributed by atoms with van der Waals surface area (Å²) in [4.78, 5) is 0. The molecule has 1 atom stereocenters. The summed E-state index contributed by atoms with van der Waals surface area (Å²) < 4.78 is 21.5. The summed E-state index contributed by atoms with van der Waals surface area (Å²) in [5, 5.41) is 3.40. The van der Waals surface area contributed by atoms with Crippen LogP contribution in [0.15, 0.2) is 34.9 Å². The van der Waals surface area contributed by atoms with Gasteiger partial charge in [0.15, 0.2) is 11.5 Å². The first-order valence-electron chi connectivity index (χ1n) is 6.51. The average Bonchev–Trinajstić information content (AvgIpc) is 3.14. The quantitative estimate of drug-likeness (QED) is 0.909. The Kier molecular flexibility index (Phi) is 3.52. The highest BCUT2D eigenvalue weighted by atomic mass is 16.7. The lowest BCUT2D eigenvalue weighted by atomic mass is 10.1. The van der Waals surface area contributed by atoms with Crippen molar-refractivity contribution in [1.29, 1.82) is 0 Å². The molecule has 0 amide bonds. The van der Waals surface area contributed by atoms with Gasteiger partial charge in [-0.1, -0.05) is 0 Å². The summed E-state index contributed by atoms with van der Waals surface area (Å²) in [5.74, 6) is 3.02. The lowest BCUT2D eigenvalue weighted by Gasteiger charge is -2.13. The van der Waals surface area contributed by atoms with Crippen LogP contribution in [0, 0.1) is 0 Å². The Bertz CT molecular complexity index is 580. The molecule has 0 fully saturated rings. The van der Waals surface area contributed by atoms with Gasteiger partial charge in [-0.15, -0.1) is 0 Å². The maximum atomic E-state index is 5.41. The number of furan rings is 1. The third-order valence-electron chi connectivity index (χ3n) is 3.30. The normalized spacial score (nSPS) is 14.3. The van der Waals surface area contributed by atoms with Gasteiger partial charge < -0.3 is 23.9 Å². The fourth-order valence-corrected chi connectivity index (χ4v) is 2.20. The number of hydrogen-bond donors (Lipinski definition) is 1. The van der Waals surface area contributed by atoms with E-state index in [2.05, 4.69) is 12.2 Å². The maximum absolute atomic E-state index is 5.41. The van der Waals surface area contributed by atoms with E-state index in [0.717, 1.165) is 17.1 Å². The lowest BCUT2D eigenvalue weighted by Crippen LogP contribution is -2.17. The summed E-state index contributed by atoms with van der Waals surface area (Å²) in [6, 6.07) is 7.90. The first-order chi connectivity index (χ1) is 9.78. The smallest absolute Gasteiger partial charge is 0.231 e. The third-order valence-corrected chi connectivity index (χ3v) is 3.30. The molecule has 0 aliphatic carbocycles. The molecule has 5 heteroatoms. The van der Waals surface area contributed by atoms with Crippen LogP contribution >= 0.6 is 0 Å². The molecule has 0 saturated carbocycles. The molecule has 20 heavy (non-hydrogen) atoms. The molecule has 3 rings (SSSR count). The van der Waals surface area contributed by atoms with E-state index in [1.54, 1.807) is 13.4 Å². The van der Waals surface area contributed by atoms with Crippen LogP contribution in [0.1, 0.15) is 24.3 Å². The minimum Gasteiger partial charge on any atom is -0.493 e. The largest absolute Gasteiger partial charge is 0.493 e. The molecule has 2 aromatic rings. The van der Waals surface area contributed by atoms with Gasteiger partial charge in [0, 0.05) is 6.54 Å². The van der Waals surface area contributed by atoms with E-state index in [9.17, 15) is 0 Å². The number of rotatable bonds is 5. The molecule has 106 valence electrons. The van der Waals surface area contributed by atoms with E-state index in [0.29, 0.717) is 18.0 Å². The second-order valence-corrected chi connectivity index (χ2v) is 4.65. The second kappa shape index (κ2) is 5.46. The fraction of sp³-hybridized carbons (Fsp3) is 0.333. The topological polar surface area (TPSA) is 52.9 Å². The van der Waals surface area contributed by atoms with Crippen LogP contribution < -0.4 is 19.5 Å². The van der Waals surface area contributed by atoms with Gasteiger partial charge in [-0.25, -0.2) is 0 Å². The summed E-state index contributed by atoms with van der Waals surface area (Å²) in [5.41, 5.74) is 1.07. The van der Waals surface area contributed by atoms with Crippen molar-refractivity contribution in [2.24, 2.45) is 0 Å². The van der Waals surface area contributed by atoms with Crippen LogP contribution in [0.3, 0.4) is 0 Å². The van der Waals surface area contributed by atoms with Gasteiger partial charge in [0.2, 0.25) is 12.5 Å². The summed E-state index contributed by atoms with van der Waals surface area (Å²) in [6.07, 6.45) is 1.68. The first-order valence-corrected chi connectivity index (χ1v) is 6.51. The maximum Gasteiger partial charge on any atom is 0.231 e. The van der Waals surface area contributed by atoms with Crippen molar-refractivity contribution in [1.82, 2.24) is 5.32 Å². The molecule has 2 heterocycles. The highest BCUT2D eigenvalue weighted by Crippen LogP contribution is 2.41. The van der Waals surface area contributed by atoms with Gasteiger partial charge in [0.25, 0.3) is 0 Å². The van der Waals surface area contributed by atoms with E-state index >= 15 is 0 Å². The standard InChI is InChI=1S/C15H17NO4/c1-10(12-4-3-5-18-12)16-8-11-6-13(17-2)15-14(7-11)19-9-20-15/h3-7,10,16H,8-9H2,1-2H3. The Morgan fingerprint density at radius 2 is 2.25 bits per heavy atom. The molecule has 1 aliphatic rings. The number of ether oxygens (including phenoxy) is 3. The number of nitrogens with one attached hydrogen (secondary N) is 1. The highest BCUT2D eigenvalue weighted by molar-refractivity contribution is 5.55. The van der Waals surface area contributed by atoms with Crippen molar-refractivity contribution in [3.8, 4) is 17.2 Å². The van der Waals surface area contributed by atoms with E-state index in [4.69, 9.17) is 18.6 Å². The zero-order chi connectivity index (χ0) is 13.9. The molecule has 0 saturated heterocycles. The molecular weight excluding hydrogens is 258 g/mol. The molecule has 1 aromatic carbocycles. The number of benzene rings is 1. The molecule has 1 aromatic heterocycles. The Hall–Kier alpha value is -2.14. The molecule has 0 radical (unpaired) electrons. The van der Waals surface area contributed by atoms with Crippen molar-refractivity contribution in [3.63, 3.8) is 0 Å². The number of methoxy groups -OCH3 is 1.